The molecule has 0 saturated carbocycles. The van der Waals surface area contributed by atoms with Gasteiger partial charge < -0.3 is 11.1 Å². The number of hydrogen-bond acceptors (Lipinski definition) is 5. The third-order valence-electron chi connectivity index (χ3n) is 2.41. The monoisotopic (exact) mass is 256 g/mol. The number of nitrogens with two attached hydrogens (primary N) is 1. The van der Waals surface area contributed by atoms with Crippen LogP contribution in [0.25, 0.3) is 0 Å². The normalized spacial score (nSPS) is 20.2. The Kier molecular flexibility index (Phi) is 2.99. The van der Waals surface area contributed by atoms with Crippen molar-refractivity contribution in [2.75, 3.05) is 12.3 Å². The number of rotatable bonds is 3. The van der Waals surface area contributed by atoms with E-state index in [1.807, 2.05) is 0 Å². The minimum absolute atomic E-state index is 0.0700. The molecule has 0 aromatic carbocycles. The molecule has 1 amide bonds. The number of nitrogens with zero attached hydrogens (tertiary/aromatic N) is 1. The maximum Gasteiger partial charge on any atom is 0.244 e. The Labute approximate surface area is 98.5 Å². The molecule has 92 valence electrons. The van der Waals surface area contributed by atoms with Crippen LogP contribution in [0.1, 0.15) is 6.42 Å². The number of sulfonamides is 1. The Hall–Kier alpha value is -1.67. The van der Waals surface area contributed by atoms with Crippen LogP contribution in [0.4, 0.5) is 5.69 Å². The molecule has 0 bridgehead atoms. The van der Waals surface area contributed by atoms with Gasteiger partial charge in [0.05, 0.1) is 5.69 Å². The quantitative estimate of drug-likeness (QED) is 0.630. The number of amides is 1. The summed E-state index contributed by atoms with van der Waals surface area (Å²) in [5.41, 5.74) is 5.70. The molecule has 1 aromatic rings. The smallest absolute Gasteiger partial charge is 0.244 e. The molecule has 1 saturated heterocycles. The van der Waals surface area contributed by atoms with Crippen molar-refractivity contribution >= 4 is 21.6 Å². The summed E-state index contributed by atoms with van der Waals surface area (Å²) in [5.74, 6) is -0.170. The van der Waals surface area contributed by atoms with E-state index in [1.165, 1.54) is 18.5 Å². The summed E-state index contributed by atoms with van der Waals surface area (Å²) in [6.45, 7) is 0.290. The number of hydrogen-bond donors (Lipinski definition) is 3. The van der Waals surface area contributed by atoms with Gasteiger partial charge in [-0.05, 0) is 6.07 Å². The fraction of sp³-hybridized carbons (Fsp3) is 0.333. The van der Waals surface area contributed by atoms with E-state index in [0.29, 0.717) is 0 Å². The molecule has 4 N–H and O–H groups in total. The van der Waals surface area contributed by atoms with Crippen molar-refractivity contribution in [1.29, 1.82) is 0 Å². The van der Waals surface area contributed by atoms with Crippen LogP contribution in [0, 0.1) is 0 Å². The zero-order chi connectivity index (χ0) is 12.5. The lowest BCUT2D eigenvalue weighted by Gasteiger charge is -2.12. The SMILES string of the molecule is Nc1ccncc1S(=O)(=O)NC1CNC(=O)C1. The van der Waals surface area contributed by atoms with E-state index in [4.69, 9.17) is 5.73 Å². The molecule has 2 heterocycles. The largest absolute Gasteiger partial charge is 0.398 e. The van der Waals surface area contributed by atoms with E-state index in [0.717, 1.165) is 0 Å². The highest BCUT2D eigenvalue weighted by Crippen LogP contribution is 2.16. The molecule has 1 aromatic heterocycles. The summed E-state index contributed by atoms with van der Waals surface area (Å²) in [4.78, 5) is 14.6. The molecule has 1 aliphatic heterocycles. The van der Waals surface area contributed by atoms with Gasteiger partial charge in [0, 0.05) is 31.4 Å². The van der Waals surface area contributed by atoms with Gasteiger partial charge in [-0.25, -0.2) is 13.1 Å². The van der Waals surface area contributed by atoms with Crippen molar-refractivity contribution in [3.05, 3.63) is 18.5 Å². The zero-order valence-electron chi connectivity index (χ0n) is 8.88. The van der Waals surface area contributed by atoms with Crippen LogP contribution >= 0.6 is 0 Å². The molecule has 1 aliphatic rings. The maximum absolute atomic E-state index is 11.9. The maximum atomic E-state index is 11.9. The highest BCUT2D eigenvalue weighted by molar-refractivity contribution is 7.89. The lowest BCUT2D eigenvalue weighted by atomic mass is 10.3. The molecule has 0 radical (unpaired) electrons. The first-order valence-corrected chi connectivity index (χ1v) is 6.46. The van der Waals surface area contributed by atoms with E-state index in [1.54, 1.807) is 0 Å². The van der Waals surface area contributed by atoms with Crippen molar-refractivity contribution in [3.63, 3.8) is 0 Å². The van der Waals surface area contributed by atoms with Gasteiger partial charge in [0.25, 0.3) is 0 Å². The van der Waals surface area contributed by atoms with Crippen LogP contribution < -0.4 is 15.8 Å². The summed E-state index contributed by atoms with van der Waals surface area (Å²) in [6.07, 6.45) is 2.73. The molecule has 1 fully saturated rings. The zero-order valence-corrected chi connectivity index (χ0v) is 9.70. The van der Waals surface area contributed by atoms with Gasteiger partial charge in [0.1, 0.15) is 4.90 Å². The molecule has 8 heteroatoms. The molecular formula is C9H12N4O3S. The molecule has 0 spiro atoms. The summed E-state index contributed by atoms with van der Waals surface area (Å²) in [5, 5.41) is 2.55. The molecular weight excluding hydrogens is 244 g/mol. The van der Waals surface area contributed by atoms with Crippen molar-refractivity contribution in [2.45, 2.75) is 17.4 Å². The minimum atomic E-state index is -3.73. The predicted octanol–water partition coefficient (Wildman–Crippen LogP) is -1.17. The second-order valence-corrected chi connectivity index (χ2v) is 5.42. The summed E-state index contributed by atoms with van der Waals surface area (Å²) >= 11 is 0. The van der Waals surface area contributed by atoms with E-state index in [9.17, 15) is 13.2 Å². The van der Waals surface area contributed by atoms with Gasteiger partial charge in [-0.15, -0.1) is 0 Å². The number of nitrogens with one attached hydrogen (secondary N) is 2. The predicted molar refractivity (Wildman–Crippen MR) is 60.4 cm³/mol. The number of carbonyl (C=O) groups excluding carboxylic acids is 1. The third kappa shape index (κ3) is 2.53. The van der Waals surface area contributed by atoms with Crippen molar-refractivity contribution in [2.24, 2.45) is 0 Å². The molecule has 7 nitrogen and oxygen atoms in total. The number of pyridine rings is 1. The Morgan fingerprint density at radius 1 is 1.53 bits per heavy atom. The van der Waals surface area contributed by atoms with Gasteiger partial charge in [-0.2, -0.15) is 0 Å². The summed E-state index contributed by atoms with van der Waals surface area (Å²) in [6, 6.07) is 0.971. The van der Waals surface area contributed by atoms with E-state index in [-0.39, 0.29) is 29.5 Å². The number of carbonyl (C=O) groups is 1. The Morgan fingerprint density at radius 2 is 2.29 bits per heavy atom. The molecule has 0 aliphatic carbocycles. The van der Waals surface area contributed by atoms with Crippen molar-refractivity contribution in [3.8, 4) is 0 Å². The molecule has 1 unspecified atom stereocenters. The van der Waals surface area contributed by atoms with Gasteiger partial charge in [-0.3, -0.25) is 9.78 Å². The summed E-state index contributed by atoms with van der Waals surface area (Å²) in [7, 11) is -3.73. The number of nitrogen functional groups attached to an aromatic ring is 1. The third-order valence-corrected chi connectivity index (χ3v) is 3.97. The van der Waals surface area contributed by atoms with Crippen molar-refractivity contribution in [1.82, 2.24) is 15.0 Å². The van der Waals surface area contributed by atoms with Crippen LogP contribution in [0.5, 0.6) is 0 Å². The van der Waals surface area contributed by atoms with Crippen LogP contribution in [0.3, 0.4) is 0 Å². The topological polar surface area (TPSA) is 114 Å². The lowest BCUT2D eigenvalue weighted by Crippen LogP contribution is -2.36. The van der Waals surface area contributed by atoms with Gasteiger partial charge in [0.15, 0.2) is 0 Å². The first kappa shape index (κ1) is 11.8. The molecule has 2 rings (SSSR count). The standard InChI is InChI=1S/C9H12N4O3S/c10-7-1-2-11-5-8(7)17(15,16)13-6-3-9(14)12-4-6/h1-2,5-6,13H,3-4H2,(H2,10,11)(H,12,14). The Bertz CT molecular complexity index is 543. The average Bonchev–Trinajstić information content (AvgIpc) is 2.63. The first-order chi connectivity index (χ1) is 7.99. The lowest BCUT2D eigenvalue weighted by molar-refractivity contribution is -0.119. The van der Waals surface area contributed by atoms with Crippen LogP contribution in [-0.4, -0.2) is 31.9 Å². The number of aromatic nitrogens is 1. The minimum Gasteiger partial charge on any atom is -0.398 e. The highest BCUT2D eigenvalue weighted by atomic mass is 32.2. The molecule has 17 heavy (non-hydrogen) atoms. The second kappa shape index (κ2) is 4.30. The van der Waals surface area contributed by atoms with Gasteiger partial charge in [-0.1, -0.05) is 0 Å². The molecule has 1 atom stereocenters. The highest BCUT2D eigenvalue weighted by Gasteiger charge is 2.27. The van der Waals surface area contributed by atoms with Gasteiger partial charge >= 0.3 is 0 Å². The fourth-order valence-electron chi connectivity index (χ4n) is 1.59. The van der Waals surface area contributed by atoms with E-state index < -0.39 is 16.1 Å². The Morgan fingerprint density at radius 3 is 2.88 bits per heavy atom. The average molecular weight is 256 g/mol. The number of anilines is 1. The first-order valence-electron chi connectivity index (χ1n) is 4.97. The van der Waals surface area contributed by atoms with Crippen molar-refractivity contribution < 1.29 is 13.2 Å². The summed E-state index contributed by atoms with van der Waals surface area (Å²) < 4.78 is 26.3. The van der Waals surface area contributed by atoms with Crippen LogP contribution in [0.2, 0.25) is 0 Å². The van der Waals surface area contributed by atoms with Crippen LogP contribution in [-0.2, 0) is 14.8 Å². The Balaban J connectivity index is 2.20. The van der Waals surface area contributed by atoms with Gasteiger partial charge in [0.2, 0.25) is 15.9 Å². The van der Waals surface area contributed by atoms with E-state index in [2.05, 4.69) is 15.0 Å². The van der Waals surface area contributed by atoms with E-state index >= 15 is 0 Å². The fourth-order valence-corrected chi connectivity index (χ4v) is 2.90. The second-order valence-electron chi connectivity index (χ2n) is 3.74. The van der Waals surface area contributed by atoms with Crippen LogP contribution in [0.15, 0.2) is 23.4 Å².